The van der Waals surface area contributed by atoms with Crippen molar-refractivity contribution in [3.8, 4) is 0 Å². The van der Waals surface area contributed by atoms with Crippen molar-refractivity contribution in [1.29, 1.82) is 0 Å². The van der Waals surface area contributed by atoms with E-state index in [-0.39, 0.29) is 31.3 Å². The summed E-state index contributed by atoms with van der Waals surface area (Å²) in [5, 5.41) is 0. The molecule has 0 saturated carbocycles. The topological polar surface area (TPSA) is 108 Å². The van der Waals surface area contributed by atoms with E-state index in [1.807, 2.05) is 97.1 Å². The van der Waals surface area contributed by atoms with Gasteiger partial charge in [0.25, 0.3) is 11.8 Å². The van der Waals surface area contributed by atoms with Gasteiger partial charge in [-0.05, 0) is 48.5 Å². The van der Waals surface area contributed by atoms with Gasteiger partial charge in [0.1, 0.15) is 13.2 Å². The standard InChI is InChI=1S/C32H30N4O5/c37-29(21-22-31(39)35(25-13-5-1-6-14-25)26-15-7-2-8-16-26)33-34-30(38)23-41-24-32(40)36(27-17-9-3-10-18-27)28-19-11-4-12-20-28/h1-20H,21-24H2,(H,33,37)(H,34,38). The molecular formula is C32H30N4O5. The van der Waals surface area contributed by atoms with Crippen LogP contribution >= 0.6 is 0 Å². The Balaban J connectivity index is 1.23. The predicted octanol–water partition coefficient (Wildman–Crippen LogP) is 4.66. The molecule has 0 saturated heterocycles. The zero-order valence-electron chi connectivity index (χ0n) is 22.3. The maximum Gasteiger partial charge on any atom is 0.264 e. The van der Waals surface area contributed by atoms with E-state index in [0.717, 1.165) is 0 Å². The van der Waals surface area contributed by atoms with Gasteiger partial charge in [0.05, 0.1) is 0 Å². The first-order chi connectivity index (χ1) is 20.0. The predicted molar refractivity (Wildman–Crippen MR) is 156 cm³/mol. The van der Waals surface area contributed by atoms with Crippen LogP contribution in [-0.4, -0.2) is 36.8 Å². The van der Waals surface area contributed by atoms with Gasteiger partial charge in [-0.15, -0.1) is 0 Å². The van der Waals surface area contributed by atoms with Crippen LogP contribution in [0, 0.1) is 0 Å². The van der Waals surface area contributed by atoms with E-state index in [1.165, 1.54) is 4.90 Å². The third-order valence-corrected chi connectivity index (χ3v) is 5.92. The van der Waals surface area contributed by atoms with Gasteiger partial charge in [-0.3, -0.25) is 39.8 Å². The average molecular weight is 551 g/mol. The average Bonchev–Trinajstić information content (AvgIpc) is 3.01. The van der Waals surface area contributed by atoms with Crippen LogP contribution < -0.4 is 20.7 Å². The Morgan fingerprint density at radius 3 is 1.24 bits per heavy atom. The number of carbonyl (C=O) groups is 4. The zero-order valence-corrected chi connectivity index (χ0v) is 22.3. The first kappa shape index (κ1) is 28.7. The molecule has 0 aliphatic rings. The highest BCUT2D eigenvalue weighted by Gasteiger charge is 2.20. The summed E-state index contributed by atoms with van der Waals surface area (Å²) >= 11 is 0. The minimum absolute atomic E-state index is 0.0781. The molecule has 4 amide bonds. The third-order valence-electron chi connectivity index (χ3n) is 5.92. The van der Waals surface area contributed by atoms with E-state index in [2.05, 4.69) is 10.9 Å². The van der Waals surface area contributed by atoms with Gasteiger partial charge in [0.2, 0.25) is 11.8 Å². The van der Waals surface area contributed by atoms with Gasteiger partial charge in [-0.2, -0.15) is 0 Å². The number of nitrogens with zero attached hydrogens (tertiary/aromatic N) is 2. The largest absolute Gasteiger partial charge is 0.362 e. The summed E-state index contributed by atoms with van der Waals surface area (Å²) in [5.74, 6) is -1.81. The summed E-state index contributed by atoms with van der Waals surface area (Å²) < 4.78 is 5.33. The Bertz CT molecular complexity index is 1360. The van der Waals surface area contributed by atoms with Gasteiger partial charge in [0.15, 0.2) is 0 Å². The molecule has 4 aromatic rings. The molecule has 0 aliphatic heterocycles. The third kappa shape index (κ3) is 8.35. The lowest BCUT2D eigenvalue weighted by Crippen LogP contribution is -2.44. The van der Waals surface area contributed by atoms with Crippen molar-refractivity contribution in [2.45, 2.75) is 12.8 Å². The van der Waals surface area contributed by atoms with Crippen molar-refractivity contribution in [3.63, 3.8) is 0 Å². The summed E-state index contributed by atoms with van der Waals surface area (Å²) in [5.41, 5.74) is 7.23. The number of benzene rings is 4. The normalized spacial score (nSPS) is 10.3. The number of para-hydroxylation sites is 4. The number of carbonyl (C=O) groups excluding carboxylic acids is 4. The molecule has 0 spiro atoms. The van der Waals surface area contributed by atoms with E-state index in [4.69, 9.17) is 4.74 Å². The molecule has 2 N–H and O–H groups in total. The van der Waals surface area contributed by atoms with E-state index < -0.39 is 18.4 Å². The molecule has 208 valence electrons. The molecule has 0 aromatic heterocycles. The maximum absolute atomic E-state index is 13.1. The zero-order chi connectivity index (χ0) is 28.9. The van der Waals surface area contributed by atoms with Crippen molar-refractivity contribution in [3.05, 3.63) is 121 Å². The minimum Gasteiger partial charge on any atom is -0.362 e. The van der Waals surface area contributed by atoms with Crippen LogP contribution in [0.1, 0.15) is 12.8 Å². The first-order valence-electron chi connectivity index (χ1n) is 13.0. The fourth-order valence-electron chi connectivity index (χ4n) is 4.05. The summed E-state index contributed by atoms with van der Waals surface area (Å²) in [6.45, 7) is -0.799. The lowest BCUT2D eigenvalue weighted by atomic mass is 10.2. The van der Waals surface area contributed by atoms with Crippen molar-refractivity contribution < 1.29 is 23.9 Å². The van der Waals surface area contributed by atoms with Gasteiger partial charge in [0, 0.05) is 35.6 Å². The van der Waals surface area contributed by atoms with E-state index in [0.29, 0.717) is 22.7 Å². The fourth-order valence-corrected chi connectivity index (χ4v) is 4.05. The summed E-state index contributed by atoms with van der Waals surface area (Å²) in [4.78, 5) is 53.6. The second-order valence-electron chi connectivity index (χ2n) is 8.89. The Morgan fingerprint density at radius 1 is 0.463 bits per heavy atom. The van der Waals surface area contributed by atoms with Gasteiger partial charge < -0.3 is 4.74 Å². The molecular weight excluding hydrogens is 520 g/mol. The van der Waals surface area contributed by atoms with Crippen molar-refractivity contribution in [2.75, 3.05) is 23.0 Å². The summed E-state index contributed by atoms with van der Waals surface area (Å²) in [6.07, 6.45) is -0.219. The fraction of sp³-hybridized carbons (Fsp3) is 0.125. The number of anilines is 4. The minimum atomic E-state index is -0.640. The second kappa shape index (κ2) is 14.8. The van der Waals surface area contributed by atoms with Crippen LogP contribution in [0.5, 0.6) is 0 Å². The maximum atomic E-state index is 13.1. The Morgan fingerprint density at radius 2 is 0.829 bits per heavy atom. The number of amides is 4. The Kier molecular flexibility index (Phi) is 10.3. The molecule has 0 aliphatic carbocycles. The first-order valence-corrected chi connectivity index (χ1v) is 13.0. The van der Waals surface area contributed by atoms with Crippen LogP contribution in [0.3, 0.4) is 0 Å². The number of hydrazine groups is 1. The van der Waals surface area contributed by atoms with Crippen molar-refractivity contribution >= 4 is 46.4 Å². The molecule has 0 atom stereocenters. The van der Waals surface area contributed by atoms with E-state index in [9.17, 15) is 19.2 Å². The summed E-state index contributed by atoms with van der Waals surface area (Å²) in [7, 11) is 0. The highest BCUT2D eigenvalue weighted by Crippen LogP contribution is 2.26. The van der Waals surface area contributed by atoms with Crippen molar-refractivity contribution in [2.24, 2.45) is 0 Å². The van der Waals surface area contributed by atoms with Crippen LogP contribution in [0.15, 0.2) is 121 Å². The van der Waals surface area contributed by atoms with Crippen LogP contribution in [0.2, 0.25) is 0 Å². The molecule has 4 rings (SSSR count). The second-order valence-corrected chi connectivity index (χ2v) is 8.89. The van der Waals surface area contributed by atoms with Crippen LogP contribution in [-0.2, 0) is 23.9 Å². The lowest BCUT2D eigenvalue weighted by Gasteiger charge is -2.23. The molecule has 0 fully saturated rings. The van der Waals surface area contributed by atoms with Gasteiger partial charge in [-0.1, -0.05) is 72.8 Å². The Labute approximate surface area is 238 Å². The van der Waals surface area contributed by atoms with Gasteiger partial charge >= 0.3 is 0 Å². The highest BCUT2D eigenvalue weighted by atomic mass is 16.5. The molecule has 9 heteroatoms. The molecule has 9 nitrogen and oxygen atoms in total. The smallest absolute Gasteiger partial charge is 0.264 e. The molecule has 0 radical (unpaired) electrons. The number of rotatable bonds is 11. The number of nitrogens with one attached hydrogen (secondary N) is 2. The number of hydrogen-bond acceptors (Lipinski definition) is 5. The molecule has 0 heterocycles. The molecule has 0 bridgehead atoms. The van der Waals surface area contributed by atoms with Crippen molar-refractivity contribution in [1.82, 2.24) is 10.9 Å². The molecule has 41 heavy (non-hydrogen) atoms. The number of hydrogen-bond donors (Lipinski definition) is 2. The van der Waals surface area contributed by atoms with E-state index in [1.54, 1.807) is 29.2 Å². The lowest BCUT2D eigenvalue weighted by molar-refractivity contribution is -0.133. The molecule has 4 aromatic carbocycles. The van der Waals surface area contributed by atoms with Gasteiger partial charge in [-0.25, -0.2) is 0 Å². The van der Waals surface area contributed by atoms with Crippen LogP contribution in [0.25, 0.3) is 0 Å². The monoisotopic (exact) mass is 550 g/mol. The van der Waals surface area contributed by atoms with E-state index >= 15 is 0 Å². The molecule has 0 unspecified atom stereocenters. The SMILES string of the molecule is O=C(CCC(=O)N(c1ccccc1)c1ccccc1)NNC(=O)COCC(=O)N(c1ccccc1)c1ccccc1. The number of ether oxygens (including phenoxy) is 1. The Hall–Kier alpha value is -5.28. The highest BCUT2D eigenvalue weighted by molar-refractivity contribution is 6.02. The van der Waals surface area contributed by atoms with Crippen LogP contribution in [0.4, 0.5) is 22.7 Å². The summed E-state index contributed by atoms with van der Waals surface area (Å²) in [6, 6.07) is 36.5. The quantitative estimate of drug-likeness (QED) is 0.264.